The molecule has 3 saturated carbocycles. The lowest BCUT2D eigenvalue weighted by Gasteiger charge is -2.64. The van der Waals surface area contributed by atoms with Crippen LogP contribution in [0.2, 0.25) is 0 Å². The second-order valence-electron chi connectivity index (χ2n) is 13.0. The summed E-state index contributed by atoms with van der Waals surface area (Å²) in [6.07, 6.45) is 6.42. The SMILES string of the molecule is CC1(C)[C@@H]2C[C@H]3OB(C(Cc4ccccc4)NC(=O)C(CC(=O)N4CCOCC4)NC(=O)c4cnccn4)O[C@@]3(C)[C@H]1C2. The van der Waals surface area contributed by atoms with Gasteiger partial charge < -0.3 is 29.6 Å². The number of nitrogens with zero attached hydrogens (tertiary/aromatic N) is 3. The van der Waals surface area contributed by atoms with E-state index in [1.54, 1.807) is 4.90 Å². The number of hydrogen-bond acceptors (Lipinski definition) is 8. The van der Waals surface area contributed by atoms with Crippen LogP contribution in [-0.2, 0) is 30.1 Å². The smallest absolute Gasteiger partial charge is 0.404 e. The van der Waals surface area contributed by atoms with E-state index in [0.29, 0.717) is 44.6 Å². The zero-order valence-corrected chi connectivity index (χ0v) is 25.0. The van der Waals surface area contributed by atoms with Crippen molar-refractivity contribution in [2.45, 2.75) is 70.1 Å². The molecule has 6 atom stereocenters. The third-order valence-corrected chi connectivity index (χ3v) is 10.1. The molecule has 5 aliphatic rings. The third kappa shape index (κ3) is 5.92. The lowest BCUT2D eigenvalue weighted by molar-refractivity contribution is -0.199. The van der Waals surface area contributed by atoms with Crippen LogP contribution >= 0.6 is 0 Å². The van der Waals surface area contributed by atoms with Crippen molar-refractivity contribution in [3.8, 4) is 0 Å². The van der Waals surface area contributed by atoms with Gasteiger partial charge in [0.1, 0.15) is 11.7 Å². The summed E-state index contributed by atoms with van der Waals surface area (Å²) in [6.45, 7) is 8.50. The van der Waals surface area contributed by atoms with Gasteiger partial charge in [-0.2, -0.15) is 0 Å². The van der Waals surface area contributed by atoms with Crippen LogP contribution in [0.25, 0.3) is 0 Å². The highest BCUT2D eigenvalue weighted by Gasteiger charge is 2.68. The fourth-order valence-corrected chi connectivity index (χ4v) is 7.41. The highest BCUT2D eigenvalue weighted by atomic mass is 16.7. The van der Waals surface area contributed by atoms with E-state index in [2.05, 4.69) is 41.4 Å². The van der Waals surface area contributed by atoms with Crippen molar-refractivity contribution in [3.05, 3.63) is 60.2 Å². The van der Waals surface area contributed by atoms with E-state index in [1.807, 2.05) is 30.3 Å². The summed E-state index contributed by atoms with van der Waals surface area (Å²) in [4.78, 5) is 50.0. The van der Waals surface area contributed by atoms with Crippen LogP contribution < -0.4 is 10.6 Å². The Morgan fingerprint density at radius 3 is 2.53 bits per heavy atom. The van der Waals surface area contributed by atoms with Gasteiger partial charge in [0, 0.05) is 25.5 Å². The van der Waals surface area contributed by atoms with E-state index in [0.717, 1.165) is 18.4 Å². The van der Waals surface area contributed by atoms with Crippen molar-refractivity contribution in [2.75, 3.05) is 26.3 Å². The Labute approximate surface area is 252 Å². The minimum atomic E-state index is -1.14. The van der Waals surface area contributed by atoms with Gasteiger partial charge in [0.25, 0.3) is 5.91 Å². The molecule has 11 nitrogen and oxygen atoms in total. The first-order valence-corrected chi connectivity index (χ1v) is 15.2. The molecule has 228 valence electrons. The largest absolute Gasteiger partial charge is 0.482 e. The van der Waals surface area contributed by atoms with Gasteiger partial charge in [-0.15, -0.1) is 0 Å². The summed E-state index contributed by atoms with van der Waals surface area (Å²) in [5.41, 5.74) is 0.793. The summed E-state index contributed by atoms with van der Waals surface area (Å²) in [5, 5.41) is 5.84. The highest BCUT2D eigenvalue weighted by Crippen LogP contribution is 2.65. The zero-order valence-electron chi connectivity index (χ0n) is 25.0. The minimum Gasteiger partial charge on any atom is -0.404 e. The third-order valence-electron chi connectivity index (χ3n) is 10.1. The van der Waals surface area contributed by atoms with Gasteiger partial charge in [0.2, 0.25) is 11.8 Å². The molecule has 2 aliphatic heterocycles. The van der Waals surface area contributed by atoms with Crippen LogP contribution in [0.3, 0.4) is 0 Å². The number of benzene rings is 1. The molecule has 7 rings (SSSR count). The Hall–Kier alpha value is -3.35. The summed E-state index contributed by atoms with van der Waals surface area (Å²) in [7, 11) is -0.680. The molecule has 2 bridgehead atoms. The molecule has 1 aromatic carbocycles. The second kappa shape index (κ2) is 12.0. The Bertz CT molecular complexity index is 1330. The van der Waals surface area contributed by atoms with Crippen molar-refractivity contribution in [3.63, 3.8) is 0 Å². The highest BCUT2D eigenvalue weighted by molar-refractivity contribution is 6.48. The summed E-state index contributed by atoms with van der Waals surface area (Å²) in [6, 6.07) is 8.70. The van der Waals surface area contributed by atoms with E-state index in [9.17, 15) is 14.4 Å². The molecule has 2 N–H and O–H groups in total. The monoisotopic (exact) mass is 589 g/mol. The number of morpholine rings is 1. The number of amides is 3. The van der Waals surface area contributed by atoms with Gasteiger partial charge in [-0.1, -0.05) is 44.2 Å². The molecular weight excluding hydrogens is 549 g/mol. The molecule has 3 heterocycles. The standard InChI is InChI=1S/C31H40BN5O6/c1-30(2)21-16-24(30)31(3)25(17-21)42-32(43-31)26(15-20-7-5-4-6-8-20)36-28(39)22(18-27(38)37-11-13-41-14-12-37)35-29(40)23-19-33-9-10-34-23/h4-10,19,21-22,24-26H,11-18H2,1-3H3,(H,35,40)(H,36,39)/t21-,22?,24-,25+,26?,31-/m0/s1. The van der Waals surface area contributed by atoms with Crippen molar-refractivity contribution >= 4 is 24.8 Å². The molecule has 0 radical (unpaired) electrons. The van der Waals surface area contributed by atoms with Crippen LogP contribution in [-0.4, -0.2) is 89.7 Å². The number of carbonyl (C=O) groups is 3. The van der Waals surface area contributed by atoms with Crippen LogP contribution in [0, 0.1) is 17.3 Å². The predicted molar refractivity (Wildman–Crippen MR) is 157 cm³/mol. The lowest BCUT2D eigenvalue weighted by atomic mass is 9.43. The number of carbonyl (C=O) groups excluding carboxylic acids is 3. The fourth-order valence-electron chi connectivity index (χ4n) is 7.41. The van der Waals surface area contributed by atoms with E-state index in [-0.39, 0.29) is 29.5 Å². The molecule has 2 saturated heterocycles. The second-order valence-corrected chi connectivity index (χ2v) is 13.0. The van der Waals surface area contributed by atoms with Gasteiger partial charge in [0.05, 0.1) is 43.5 Å². The van der Waals surface area contributed by atoms with Gasteiger partial charge >= 0.3 is 7.12 Å². The van der Waals surface area contributed by atoms with Gasteiger partial charge in [-0.05, 0) is 49.0 Å². The number of ether oxygens (including phenoxy) is 1. The van der Waals surface area contributed by atoms with Gasteiger partial charge in [0.15, 0.2) is 0 Å². The molecule has 2 aromatic rings. The van der Waals surface area contributed by atoms with E-state index >= 15 is 0 Å². The number of rotatable bonds is 9. The molecule has 43 heavy (non-hydrogen) atoms. The Kier molecular flexibility index (Phi) is 8.27. The molecule has 2 unspecified atom stereocenters. The molecule has 3 aliphatic carbocycles. The quantitative estimate of drug-likeness (QED) is 0.424. The Morgan fingerprint density at radius 1 is 1.07 bits per heavy atom. The molecule has 0 spiro atoms. The summed E-state index contributed by atoms with van der Waals surface area (Å²) in [5.74, 6) is -0.907. The van der Waals surface area contributed by atoms with Gasteiger partial charge in [-0.25, -0.2) is 4.98 Å². The van der Waals surface area contributed by atoms with Crippen molar-refractivity contribution in [1.29, 1.82) is 0 Å². The fraction of sp³-hybridized carbons (Fsp3) is 0.581. The van der Waals surface area contributed by atoms with Crippen LogP contribution in [0.5, 0.6) is 0 Å². The van der Waals surface area contributed by atoms with Crippen molar-refractivity contribution in [2.24, 2.45) is 17.3 Å². The van der Waals surface area contributed by atoms with E-state index in [1.165, 1.54) is 18.6 Å². The lowest BCUT2D eigenvalue weighted by Crippen LogP contribution is -2.65. The van der Waals surface area contributed by atoms with E-state index < -0.39 is 36.5 Å². The minimum absolute atomic E-state index is 0.0560. The maximum absolute atomic E-state index is 14.0. The first-order chi connectivity index (χ1) is 20.6. The van der Waals surface area contributed by atoms with E-state index in [4.69, 9.17) is 14.0 Å². The molecule has 3 amide bonds. The molecule has 1 aromatic heterocycles. The number of aromatic nitrogens is 2. The molecular formula is C31H40BN5O6. The summed E-state index contributed by atoms with van der Waals surface area (Å²) >= 11 is 0. The molecule has 12 heteroatoms. The normalized spacial score (nSPS) is 28.7. The topological polar surface area (TPSA) is 132 Å². The maximum atomic E-state index is 14.0. The Morgan fingerprint density at radius 2 is 1.84 bits per heavy atom. The predicted octanol–water partition coefficient (Wildman–Crippen LogP) is 1.82. The zero-order chi connectivity index (χ0) is 30.2. The van der Waals surface area contributed by atoms with Crippen LogP contribution in [0.15, 0.2) is 48.9 Å². The average molecular weight is 590 g/mol. The van der Waals surface area contributed by atoms with Crippen LogP contribution in [0.1, 0.15) is 56.1 Å². The number of nitrogens with one attached hydrogen (secondary N) is 2. The van der Waals surface area contributed by atoms with Crippen molar-refractivity contribution < 1.29 is 28.4 Å². The average Bonchev–Trinajstić information content (AvgIpc) is 3.39. The first kappa shape index (κ1) is 29.7. The number of hydrogen-bond donors (Lipinski definition) is 2. The van der Waals surface area contributed by atoms with Gasteiger partial charge in [-0.3, -0.25) is 19.4 Å². The summed E-state index contributed by atoms with van der Waals surface area (Å²) < 4.78 is 18.7. The Balaban J connectivity index is 1.23. The first-order valence-electron chi connectivity index (χ1n) is 15.2. The maximum Gasteiger partial charge on any atom is 0.482 e. The molecule has 5 fully saturated rings. The van der Waals surface area contributed by atoms with Crippen molar-refractivity contribution in [1.82, 2.24) is 25.5 Å². The van der Waals surface area contributed by atoms with Crippen LogP contribution in [0.4, 0.5) is 0 Å².